The van der Waals surface area contributed by atoms with Gasteiger partial charge in [0, 0.05) is 75.8 Å². The van der Waals surface area contributed by atoms with E-state index in [9.17, 15) is 70.2 Å². The molecular formula is C66H100N4O18. The number of carbonyl (C=O) groups is 4. The van der Waals surface area contributed by atoms with Crippen LogP contribution in [0.5, 0.6) is 0 Å². The molecular weight excluding hydrogens is 1140 g/mol. The SMILES string of the molecule is CNc1ccc(C(=O)CC(O)CCC(C)C2OC(=O)CC(O)CC(=O)CC(O)CC(O)CC(O)CC(O)CC3(O)CC(O)C(C(=O)NCCN4CCCCC4)C(CC(OC4OC(C)C(O)C(N)C4O)/C=C/C=C/C=C/C=C/C=C/C=C/C=C/C2C)O3)cc1. The molecule has 22 nitrogen and oxygen atoms in total. The van der Waals surface area contributed by atoms with Gasteiger partial charge in [0.05, 0.1) is 85.5 Å². The zero-order valence-electron chi connectivity index (χ0n) is 51.5. The van der Waals surface area contributed by atoms with E-state index in [1.54, 1.807) is 99.0 Å². The van der Waals surface area contributed by atoms with Crippen LogP contribution in [0, 0.1) is 17.8 Å². The minimum absolute atomic E-state index is 0.101. The molecule has 1 aromatic rings. The number of likely N-dealkylation sites (tertiary alicyclic amines) is 1. The molecule has 0 radical (unpaired) electrons. The highest BCUT2D eigenvalue weighted by molar-refractivity contribution is 5.96. The molecule has 3 saturated heterocycles. The highest BCUT2D eigenvalue weighted by Gasteiger charge is 2.51. The number of piperidine rings is 1. The zero-order chi connectivity index (χ0) is 64.3. The summed E-state index contributed by atoms with van der Waals surface area (Å²) in [6.45, 7) is 7.91. The Labute approximate surface area is 518 Å². The number of benzene rings is 1. The molecule has 0 aromatic heterocycles. The quantitative estimate of drug-likeness (QED) is 0.0939. The van der Waals surface area contributed by atoms with Crippen molar-refractivity contribution in [2.24, 2.45) is 23.5 Å². The number of aliphatic hydroxyl groups excluding tert-OH is 9. The molecule has 1 amide bonds. The lowest BCUT2D eigenvalue weighted by Gasteiger charge is -2.46. The van der Waals surface area contributed by atoms with Crippen molar-refractivity contribution in [3.8, 4) is 0 Å². The Hall–Kier alpha value is -5.12. The average Bonchev–Trinajstić information content (AvgIpc) is 0.946. The molecule has 88 heavy (non-hydrogen) atoms. The number of esters is 1. The molecule has 0 spiro atoms. The second kappa shape index (κ2) is 37.9. The molecule has 19 atom stereocenters. The highest BCUT2D eigenvalue weighted by Crippen LogP contribution is 2.38. The van der Waals surface area contributed by atoms with Gasteiger partial charge in [-0.15, -0.1) is 0 Å². The molecule has 5 rings (SSSR count). The third-order valence-electron chi connectivity index (χ3n) is 16.6. The monoisotopic (exact) mass is 1240 g/mol. The van der Waals surface area contributed by atoms with E-state index in [2.05, 4.69) is 15.5 Å². The van der Waals surface area contributed by atoms with Crippen LogP contribution in [0.15, 0.2) is 109 Å². The molecule has 19 unspecified atom stereocenters. The van der Waals surface area contributed by atoms with E-state index < -0.39 is 160 Å². The van der Waals surface area contributed by atoms with Crippen LogP contribution in [0.25, 0.3) is 0 Å². The van der Waals surface area contributed by atoms with Gasteiger partial charge >= 0.3 is 5.97 Å². The maximum absolute atomic E-state index is 14.1. The number of amides is 1. The van der Waals surface area contributed by atoms with Gasteiger partial charge in [-0.05, 0) is 95.1 Å². The van der Waals surface area contributed by atoms with Gasteiger partial charge in [0.1, 0.15) is 18.0 Å². The van der Waals surface area contributed by atoms with Gasteiger partial charge in [0.2, 0.25) is 5.91 Å². The maximum Gasteiger partial charge on any atom is 0.308 e. The number of nitrogens with two attached hydrogens (primary N) is 1. The number of rotatable bonds is 14. The molecule has 4 aliphatic heterocycles. The Morgan fingerprint density at radius 2 is 1.31 bits per heavy atom. The molecule has 0 saturated carbocycles. The van der Waals surface area contributed by atoms with Crippen molar-refractivity contribution in [3.63, 3.8) is 0 Å². The summed E-state index contributed by atoms with van der Waals surface area (Å²) >= 11 is 0. The van der Waals surface area contributed by atoms with Crippen LogP contribution in [-0.4, -0.2) is 210 Å². The average molecular weight is 1240 g/mol. The summed E-state index contributed by atoms with van der Waals surface area (Å²) in [6.07, 6.45) is 6.78. The number of nitrogens with one attached hydrogen (secondary N) is 2. The topological polar surface area (TPSA) is 361 Å². The van der Waals surface area contributed by atoms with Gasteiger partial charge in [-0.3, -0.25) is 19.2 Å². The summed E-state index contributed by atoms with van der Waals surface area (Å²) in [4.78, 5) is 55.8. The predicted molar refractivity (Wildman–Crippen MR) is 331 cm³/mol. The Balaban J connectivity index is 1.35. The number of Topliss-reactive ketones (excluding diaryl/α,β-unsaturated/α-hetero) is 2. The fourth-order valence-electron chi connectivity index (χ4n) is 11.7. The fourth-order valence-corrected chi connectivity index (χ4v) is 11.7. The molecule has 14 N–H and O–H groups in total. The summed E-state index contributed by atoms with van der Waals surface area (Å²) in [5.41, 5.74) is 7.48. The van der Waals surface area contributed by atoms with Crippen LogP contribution < -0.4 is 16.4 Å². The third-order valence-corrected chi connectivity index (χ3v) is 16.6. The van der Waals surface area contributed by atoms with Crippen LogP contribution in [0.3, 0.4) is 0 Å². The first-order valence-corrected chi connectivity index (χ1v) is 31.2. The van der Waals surface area contributed by atoms with Crippen LogP contribution in [0.4, 0.5) is 5.69 Å². The van der Waals surface area contributed by atoms with Gasteiger partial charge < -0.3 is 91.3 Å². The van der Waals surface area contributed by atoms with Crippen molar-refractivity contribution < 1.29 is 89.2 Å². The number of ketones is 2. The number of allylic oxidation sites excluding steroid dienone is 12. The summed E-state index contributed by atoms with van der Waals surface area (Å²) in [7, 11) is 1.77. The van der Waals surface area contributed by atoms with Crippen molar-refractivity contribution >= 4 is 29.1 Å². The van der Waals surface area contributed by atoms with E-state index in [1.165, 1.54) is 0 Å². The number of cyclic esters (lactones) is 1. The number of carbonyl (C=O) groups excluding carboxylic acids is 4. The van der Waals surface area contributed by atoms with E-state index in [1.807, 2.05) is 38.2 Å². The second-order valence-electron chi connectivity index (χ2n) is 24.3. The van der Waals surface area contributed by atoms with Crippen molar-refractivity contribution in [3.05, 3.63) is 115 Å². The number of nitrogens with zero attached hydrogens (tertiary/aromatic N) is 1. The zero-order valence-corrected chi connectivity index (χ0v) is 51.5. The van der Waals surface area contributed by atoms with E-state index in [4.69, 9.17) is 24.7 Å². The minimum Gasteiger partial charge on any atom is -0.461 e. The number of anilines is 1. The van der Waals surface area contributed by atoms with Crippen molar-refractivity contribution in [1.82, 2.24) is 10.2 Å². The third kappa shape index (κ3) is 25.6. The lowest BCUT2D eigenvalue weighted by atomic mass is 9.82. The Morgan fingerprint density at radius 1 is 0.727 bits per heavy atom. The molecule has 492 valence electrons. The maximum atomic E-state index is 14.1. The number of aliphatic hydroxyl groups is 10. The second-order valence-corrected chi connectivity index (χ2v) is 24.3. The summed E-state index contributed by atoms with van der Waals surface area (Å²) in [6, 6.07) is 5.79. The van der Waals surface area contributed by atoms with Crippen molar-refractivity contribution in [2.45, 2.75) is 215 Å². The highest BCUT2D eigenvalue weighted by atomic mass is 16.7. The number of hydrogen-bond donors (Lipinski definition) is 13. The van der Waals surface area contributed by atoms with Gasteiger partial charge in [-0.25, -0.2) is 0 Å². The van der Waals surface area contributed by atoms with Gasteiger partial charge in [-0.1, -0.05) is 105 Å². The number of fused-ring (bicyclic) bond motifs is 2. The first kappa shape index (κ1) is 73.6. The molecule has 3 fully saturated rings. The molecule has 0 aliphatic carbocycles. The predicted octanol–water partition coefficient (Wildman–Crippen LogP) is 3.26. The smallest absolute Gasteiger partial charge is 0.308 e. The van der Waals surface area contributed by atoms with E-state index in [-0.39, 0.29) is 56.3 Å². The van der Waals surface area contributed by atoms with Crippen LogP contribution in [0.1, 0.15) is 127 Å². The lowest BCUT2D eigenvalue weighted by Crippen LogP contribution is -2.62. The number of hydrogen-bond acceptors (Lipinski definition) is 21. The van der Waals surface area contributed by atoms with E-state index in [0.29, 0.717) is 18.5 Å². The molecule has 4 heterocycles. The first-order valence-electron chi connectivity index (χ1n) is 31.2. The van der Waals surface area contributed by atoms with Gasteiger partial charge in [0.15, 0.2) is 17.9 Å². The first-order chi connectivity index (χ1) is 41.9. The largest absolute Gasteiger partial charge is 0.461 e. The Bertz CT molecular complexity index is 2500. The van der Waals surface area contributed by atoms with Crippen LogP contribution >= 0.6 is 0 Å². The van der Waals surface area contributed by atoms with Gasteiger partial charge in [-0.2, -0.15) is 0 Å². The minimum atomic E-state index is -2.27. The van der Waals surface area contributed by atoms with Crippen LogP contribution in [0.2, 0.25) is 0 Å². The lowest BCUT2D eigenvalue weighted by molar-refractivity contribution is -0.307. The molecule has 2 bridgehead atoms. The van der Waals surface area contributed by atoms with Crippen molar-refractivity contribution in [2.75, 3.05) is 38.5 Å². The van der Waals surface area contributed by atoms with E-state index in [0.717, 1.165) is 38.0 Å². The normalized spacial score (nSPS) is 36.9. The number of ether oxygens (including phenoxy) is 4. The van der Waals surface area contributed by atoms with Crippen LogP contribution in [-0.2, 0) is 33.3 Å². The Kier molecular flexibility index (Phi) is 31.7. The fraction of sp³-hybridized carbons (Fsp3) is 0.636. The van der Waals surface area contributed by atoms with E-state index >= 15 is 0 Å². The molecule has 22 heteroatoms. The standard InChI is InChI=1S/C66H100N4O18/c1-42-20-16-13-11-9-7-5-6-8-10-12-14-17-21-54(86-65-62(82)60(67)61(81)44(3)85-65)39-57-59(64(83)69-28-31-70-29-18-15-19-30-70)56(79)41-66(84,88-57)40-53(77)36-51(75)34-49(73)32-48(72)33-50(74)35-52(76)38-58(80)87-63(42)43(2)22-27-47(71)37-55(78)45-23-25-46(68-4)26-24-45/h5-14,16-17,20-21,23-26,42-44,47-49,51-54,56-57,59-63,65,68,71-73,75-77,79,81-82,84H,15,18-19,22,27-41,67H2,1-4H3,(H,69,83)/b6-5+,9-7+,10-8+,13-11+,14-12+,20-16+,21-17+. The molecule has 4 aliphatic rings. The van der Waals surface area contributed by atoms with Gasteiger partial charge in [0.25, 0.3) is 0 Å². The van der Waals surface area contributed by atoms with Crippen molar-refractivity contribution in [1.29, 1.82) is 0 Å². The summed E-state index contributed by atoms with van der Waals surface area (Å²) < 4.78 is 24.4. The molecule has 1 aromatic carbocycles. The Morgan fingerprint density at radius 3 is 1.93 bits per heavy atom. The summed E-state index contributed by atoms with van der Waals surface area (Å²) in [5.74, 6) is -6.39. The summed E-state index contributed by atoms with van der Waals surface area (Å²) in [5, 5.41) is 117.